The van der Waals surface area contributed by atoms with Gasteiger partial charge in [-0.3, -0.25) is 4.79 Å². The quantitative estimate of drug-likeness (QED) is 0.896. The third-order valence-electron chi connectivity index (χ3n) is 2.29. The van der Waals surface area contributed by atoms with Crippen LogP contribution in [0.5, 0.6) is 0 Å². The Morgan fingerprint density at radius 1 is 1.42 bits per heavy atom. The highest BCUT2D eigenvalue weighted by Gasteiger charge is 2.30. The van der Waals surface area contributed by atoms with Crippen LogP contribution in [0.4, 0.5) is 13.2 Å². The van der Waals surface area contributed by atoms with Gasteiger partial charge in [-0.25, -0.2) is 0 Å². The summed E-state index contributed by atoms with van der Waals surface area (Å²) in [4.78, 5) is 10.6. The molecule has 1 aromatic rings. The molecule has 6 heteroatoms. The Morgan fingerprint density at radius 3 is 2.63 bits per heavy atom. The van der Waals surface area contributed by atoms with Gasteiger partial charge in [0.15, 0.2) is 0 Å². The van der Waals surface area contributed by atoms with Gasteiger partial charge in [-0.1, -0.05) is 18.2 Å². The summed E-state index contributed by atoms with van der Waals surface area (Å²) in [5.41, 5.74) is -0.0780. The SMILES string of the molecule is COCC(=Cc1cccc(C(F)(F)F)c1)CC(=O)O. The highest BCUT2D eigenvalue weighted by atomic mass is 19.4. The third kappa shape index (κ3) is 5.13. The van der Waals surface area contributed by atoms with Crippen molar-refractivity contribution in [3.05, 3.63) is 41.0 Å². The molecule has 0 amide bonds. The first-order valence-electron chi connectivity index (χ1n) is 5.40. The summed E-state index contributed by atoms with van der Waals surface area (Å²) in [5.74, 6) is -1.06. The number of rotatable bonds is 5. The van der Waals surface area contributed by atoms with Crippen LogP contribution in [0.1, 0.15) is 17.5 Å². The molecule has 1 aromatic carbocycles. The molecule has 3 nitrogen and oxygen atoms in total. The van der Waals surface area contributed by atoms with E-state index in [0.29, 0.717) is 11.1 Å². The number of methoxy groups -OCH3 is 1. The maximum absolute atomic E-state index is 12.5. The molecule has 0 fully saturated rings. The third-order valence-corrected chi connectivity index (χ3v) is 2.29. The molecule has 0 heterocycles. The number of halogens is 3. The van der Waals surface area contributed by atoms with Crippen LogP contribution in [-0.2, 0) is 15.7 Å². The van der Waals surface area contributed by atoms with Gasteiger partial charge in [-0.15, -0.1) is 0 Å². The minimum Gasteiger partial charge on any atom is -0.481 e. The molecule has 0 atom stereocenters. The van der Waals surface area contributed by atoms with Crippen molar-refractivity contribution in [1.82, 2.24) is 0 Å². The topological polar surface area (TPSA) is 46.5 Å². The minimum absolute atomic E-state index is 0.0581. The lowest BCUT2D eigenvalue weighted by atomic mass is 10.1. The summed E-state index contributed by atoms with van der Waals surface area (Å²) >= 11 is 0. The Balaban J connectivity index is 3.03. The fourth-order valence-corrected chi connectivity index (χ4v) is 1.56. The fourth-order valence-electron chi connectivity index (χ4n) is 1.56. The number of benzene rings is 1. The molecule has 0 spiro atoms. The van der Waals surface area contributed by atoms with Gasteiger partial charge in [0.25, 0.3) is 0 Å². The van der Waals surface area contributed by atoms with Crippen molar-refractivity contribution in [2.24, 2.45) is 0 Å². The Morgan fingerprint density at radius 2 is 2.11 bits per heavy atom. The molecule has 104 valence electrons. The maximum atomic E-state index is 12.5. The zero-order chi connectivity index (χ0) is 14.5. The number of ether oxygens (including phenoxy) is 1. The lowest BCUT2D eigenvalue weighted by Gasteiger charge is -2.08. The second-order valence-electron chi connectivity index (χ2n) is 3.93. The highest BCUT2D eigenvalue weighted by Crippen LogP contribution is 2.30. The van der Waals surface area contributed by atoms with E-state index < -0.39 is 17.7 Å². The lowest BCUT2D eigenvalue weighted by Crippen LogP contribution is -2.05. The number of carboxylic acids is 1. The van der Waals surface area contributed by atoms with E-state index in [4.69, 9.17) is 9.84 Å². The van der Waals surface area contributed by atoms with Crippen LogP contribution in [0, 0.1) is 0 Å². The van der Waals surface area contributed by atoms with Crippen molar-refractivity contribution in [2.45, 2.75) is 12.6 Å². The van der Waals surface area contributed by atoms with E-state index in [0.717, 1.165) is 12.1 Å². The number of hydrogen-bond donors (Lipinski definition) is 1. The molecule has 0 saturated heterocycles. The van der Waals surface area contributed by atoms with E-state index in [-0.39, 0.29) is 13.0 Å². The molecular formula is C13H13F3O3. The van der Waals surface area contributed by atoms with E-state index in [1.807, 2.05) is 0 Å². The zero-order valence-electron chi connectivity index (χ0n) is 10.2. The number of carbonyl (C=O) groups is 1. The fraction of sp³-hybridized carbons (Fsp3) is 0.308. The van der Waals surface area contributed by atoms with Crippen LogP contribution in [0.2, 0.25) is 0 Å². The average molecular weight is 274 g/mol. The van der Waals surface area contributed by atoms with Gasteiger partial charge in [-0.2, -0.15) is 13.2 Å². The van der Waals surface area contributed by atoms with E-state index in [1.54, 1.807) is 0 Å². The van der Waals surface area contributed by atoms with Gasteiger partial charge in [0.1, 0.15) is 0 Å². The monoisotopic (exact) mass is 274 g/mol. The molecule has 0 saturated carbocycles. The van der Waals surface area contributed by atoms with E-state index in [9.17, 15) is 18.0 Å². The van der Waals surface area contributed by atoms with Gasteiger partial charge in [0.05, 0.1) is 18.6 Å². The maximum Gasteiger partial charge on any atom is 0.416 e. The van der Waals surface area contributed by atoms with Crippen LogP contribution < -0.4 is 0 Å². The normalized spacial score (nSPS) is 12.5. The van der Waals surface area contributed by atoms with Gasteiger partial charge in [-0.05, 0) is 23.3 Å². The Kier molecular flexibility index (Phi) is 5.11. The molecule has 0 aliphatic heterocycles. The second kappa shape index (κ2) is 6.38. The highest BCUT2D eigenvalue weighted by molar-refractivity contribution is 5.72. The van der Waals surface area contributed by atoms with Crippen molar-refractivity contribution in [2.75, 3.05) is 13.7 Å². The average Bonchev–Trinajstić information content (AvgIpc) is 2.27. The van der Waals surface area contributed by atoms with Crippen LogP contribution >= 0.6 is 0 Å². The van der Waals surface area contributed by atoms with Crippen LogP contribution in [0.3, 0.4) is 0 Å². The van der Waals surface area contributed by atoms with Crippen LogP contribution in [0.15, 0.2) is 29.8 Å². The Bertz CT molecular complexity index is 478. The van der Waals surface area contributed by atoms with E-state index in [2.05, 4.69) is 0 Å². The van der Waals surface area contributed by atoms with Gasteiger partial charge in [0, 0.05) is 7.11 Å². The van der Waals surface area contributed by atoms with E-state index >= 15 is 0 Å². The molecule has 1 rings (SSSR count). The number of aliphatic carboxylic acids is 1. The first-order chi connectivity index (χ1) is 8.82. The standard InChI is InChI=1S/C13H13F3O3/c1-19-8-10(7-12(17)18)5-9-3-2-4-11(6-9)13(14,15)16/h2-6H,7-8H2,1H3,(H,17,18). The lowest BCUT2D eigenvalue weighted by molar-refractivity contribution is -0.138. The molecule has 0 radical (unpaired) electrons. The Hall–Kier alpha value is -1.82. The predicted molar refractivity (Wildman–Crippen MR) is 63.5 cm³/mol. The summed E-state index contributed by atoms with van der Waals surface area (Å²) in [5, 5.41) is 8.70. The van der Waals surface area contributed by atoms with Crippen molar-refractivity contribution < 1.29 is 27.8 Å². The van der Waals surface area contributed by atoms with Crippen LogP contribution in [0.25, 0.3) is 6.08 Å². The van der Waals surface area contributed by atoms with Crippen molar-refractivity contribution in [3.8, 4) is 0 Å². The summed E-state index contributed by atoms with van der Waals surface area (Å²) in [6.07, 6.45) is -3.30. The van der Waals surface area contributed by atoms with Gasteiger partial charge < -0.3 is 9.84 Å². The first kappa shape index (κ1) is 15.2. The Labute approximate surface area is 108 Å². The van der Waals surface area contributed by atoms with Crippen molar-refractivity contribution in [1.29, 1.82) is 0 Å². The number of carboxylic acid groups (broad SMARTS) is 1. The smallest absolute Gasteiger partial charge is 0.416 e. The molecule has 19 heavy (non-hydrogen) atoms. The molecule has 0 aliphatic rings. The van der Waals surface area contributed by atoms with E-state index in [1.165, 1.54) is 25.3 Å². The largest absolute Gasteiger partial charge is 0.481 e. The summed E-state index contributed by atoms with van der Waals surface area (Å²) in [6.45, 7) is 0.0581. The summed E-state index contributed by atoms with van der Waals surface area (Å²) < 4.78 is 42.4. The number of hydrogen-bond acceptors (Lipinski definition) is 2. The zero-order valence-corrected chi connectivity index (χ0v) is 10.2. The predicted octanol–water partition coefficient (Wildman–Crippen LogP) is 3.21. The molecule has 0 aromatic heterocycles. The first-order valence-corrected chi connectivity index (χ1v) is 5.40. The molecule has 0 unspecified atom stereocenters. The van der Waals surface area contributed by atoms with Gasteiger partial charge in [0.2, 0.25) is 0 Å². The number of alkyl halides is 3. The van der Waals surface area contributed by atoms with Gasteiger partial charge >= 0.3 is 12.1 Å². The van der Waals surface area contributed by atoms with Crippen LogP contribution in [-0.4, -0.2) is 24.8 Å². The molecule has 0 aliphatic carbocycles. The molecule has 1 N–H and O–H groups in total. The summed E-state index contributed by atoms with van der Waals surface area (Å²) in [6, 6.07) is 4.69. The molecule has 0 bridgehead atoms. The second-order valence-corrected chi connectivity index (χ2v) is 3.93. The van der Waals surface area contributed by atoms with Crippen molar-refractivity contribution >= 4 is 12.0 Å². The van der Waals surface area contributed by atoms with Crippen molar-refractivity contribution in [3.63, 3.8) is 0 Å². The molecular weight excluding hydrogens is 261 g/mol. The minimum atomic E-state index is -4.42. The summed E-state index contributed by atoms with van der Waals surface area (Å²) in [7, 11) is 1.39.